The zero-order chi connectivity index (χ0) is 19.0. The van der Waals surface area contributed by atoms with Gasteiger partial charge in [-0.1, -0.05) is 18.2 Å². The molecule has 1 aliphatic rings. The van der Waals surface area contributed by atoms with Crippen LogP contribution in [0.4, 0.5) is 0 Å². The van der Waals surface area contributed by atoms with Gasteiger partial charge < -0.3 is 19.4 Å². The number of carbonyl (C=O) groups excluding carboxylic acids is 1. The minimum Gasteiger partial charge on any atom is -0.486 e. The second kappa shape index (κ2) is 6.99. The average molecular weight is 364 g/mol. The van der Waals surface area contributed by atoms with Gasteiger partial charge in [0.2, 0.25) is 0 Å². The molecule has 0 spiro atoms. The second-order valence-corrected chi connectivity index (χ2v) is 6.99. The molecule has 1 aliphatic heterocycles. The van der Waals surface area contributed by atoms with E-state index in [0.29, 0.717) is 32.0 Å². The molecule has 0 radical (unpaired) electrons. The Balaban J connectivity index is 1.63. The molecule has 4 rings (SSSR count). The largest absolute Gasteiger partial charge is 0.486 e. The monoisotopic (exact) mass is 364 g/mol. The number of aromatic amines is 1. The summed E-state index contributed by atoms with van der Waals surface area (Å²) in [6.07, 6.45) is 0. The van der Waals surface area contributed by atoms with Gasteiger partial charge in [0.1, 0.15) is 18.9 Å². The van der Waals surface area contributed by atoms with Crippen LogP contribution in [0, 0.1) is 13.8 Å². The van der Waals surface area contributed by atoms with Crippen LogP contribution in [0.5, 0.6) is 11.5 Å². The van der Waals surface area contributed by atoms with Gasteiger partial charge in [-0.25, -0.2) is 0 Å². The molecule has 0 fully saturated rings. The third-order valence-corrected chi connectivity index (χ3v) is 5.00. The van der Waals surface area contributed by atoms with E-state index < -0.39 is 0 Å². The van der Waals surface area contributed by atoms with Crippen molar-refractivity contribution >= 4 is 16.8 Å². The molecular formula is C22H24N2O3. The Bertz CT molecular complexity index is 1010. The highest BCUT2D eigenvalue weighted by Crippen LogP contribution is 2.34. The first-order chi connectivity index (χ1) is 13.1. The van der Waals surface area contributed by atoms with Crippen LogP contribution in [0.3, 0.4) is 0 Å². The molecule has 2 aromatic carbocycles. The van der Waals surface area contributed by atoms with Gasteiger partial charge in [0.25, 0.3) is 5.91 Å². The molecule has 0 atom stereocenters. The number of ether oxygens (including phenoxy) is 2. The van der Waals surface area contributed by atoms with Gasteiger partial charge in [-0.2, -0.15) is 0 Å². The fourth-order valence-corrected chi connectivity index (χ4v) is 3.68. The Hall–Kier alpha value is -2.95. The maximum Gasteiger partial charge on any atom is 0.270 e. The molecule has 27 heavy (non-hydrogen) atoms. The molecule has 1 N–H and O–H groups in total. The summed E-state index contributed by atoms with van der Waals surface area (Å²) in [6.45, 7) is 8.30. The second-order valence-electron chi connectivity index (χ2n) is 6.99. The quantitative estimate of drug-likeness (QED) is 0.754. The van der Waals surface area contributed by atoms with Crippen molar-refractivity contribution in [3.63, 3.8) is 0 Å². The number of amides is 1. The van der Waals surface area contributed by atoms with Crippen LogP contribution in [0.2, 0.25) is 0 Å². The van der Waals surface area contributed by atoms with Crippen LogP contribution in [-0.2, 0) is 6.54 Å². The van der Waals surface area contributed by atoms with E-state index in [0.717, 1.165) is 28.0 Å². The lowest BCUT2D eigenvalue weighted by Crippen LogP contribution is -2.31. The Morgan fingerprint density at radius 2 is 1.96 bits per heavy atom. The molecular weight excluding hydrogens is 340 g/mol. The lowest BCUT2D eigenvalue weighted by Gasteiger charge is -2.25. The standard InChI is InChI=1S/C22H24N2O3/c1-4-24(13-16-6-5-7-20-21(16)27-9-8-26-20)22(25)19-12-17-15(3)10-14(2)11-18(17)23-19/h5-7,10-12,23H,4,8-9,13H2,1-3H3. The van der Waals surface area contributed by atoms with E-state index >= 15 is 0 Å². The number of para-hydroxylation sites is 1. The van der Waals surface area contributed by atoms with Crippen molar-refractivity contribution in [3.8, 4) is 11.5 Å². The number of rotatable bonds is 4. The zero-order valence-corrected chi connectivity index (χ0v) is 16.0. The highest BCUT2D eigenvalue weighted by molar-refractivity contribution is 5.99. The number of aromatic nitrogens is 1. The van der Waals surface area contributed by atoms with E-state index in [1.54, 1.807) is 0 Å². The number of nitrogens with zero attached hydrogens (tertiary/aromatic N) is 1. The summed E-state index contributed by atoms with van der Waals surface area (Å²) < 4.78 is 11.4. The molecule has 1 amide bonds. The van der Waals surface area contributed by atoms with Gasteiger partial charge in [0.05, 0.1) is 0 Å². The molecule has 0 aliphatic carbocycles. The maximum atomic E-state index is 13.1. The van der Waals surface area contributed by atoms with Crippen LogP contribution in [-0.4, -0.2) is 35.5 Å². The van der Waals surface area contributed by atoms with Crippen LogP contribution < -0.4 is 9.47 Å². The number of hydrogen-bond donors (Lipinski definition) is 1. The number of aryl methyl sites for hydroxylation is 2. The van der Waals surface area contributed by atoms with Crippen LogP contribution in [0.25, 0.3) is 10.9 Å². The minimum atomic E-state index is -0.0138. The van der Waals surface area contributed by atoms with Crippen molar-refractivity contribution in [3.05, 3.63) is 58.8 Å². The zero-order valence-electron chi connectivity index (χ0n) is 16.0. The predicted octanol–water partition coefficient (Wildman–Crippen LogP) is 4.22. The SMILES string of the molecule is CCN(Cc1cccc2c1OCCO2)C(=O)c1cc2c(C)cc(C)cc2[nH]1. The van der Waals surface area contributed by atoms with Crippen LogP contribution >= 0.6 is 0 Å². The Labute approximate surface area is 158 Å². The predicted molar refractivity (Wildman–Crippen MR) is 106 cm³/mol. The fourth-order valence-electron chi connectivity index (χ4n) is 3.68. The first-order valence-corrected chi connectivity index (χ1v) is 9.33. The third kappa shape index (κ3) is 3.25. The summed E-state index contributed by atoms with van der Waals surface area (Å²) >= 11 is 0. The summed E-state index contributed by atoms with van der Waals surface area (Å²) in [6, 6.07) is 12.0. The number of fused-ring (bicyclic) bond motifs is 2. The molecule has 0 unspecified atom stereocenters. The lowest BCUT2D eigenvalue weighted by molar-refractivity contribution is 0.0744. The third-order valence-electron chi connectivity index (χ3n) is 5.00. The number of benzene rings is 2. The summed E-state index contributed by atoms with van der Waals surface area (Å²) in [4.78, 5) is 18.2. The lowest BCUT2D eigenvalue weighted by atomic mass is 10.1. The molecule has 0 bridgehead atoms. The number of nitrogens with one attached hydrogen (secondary N) is 1. The van der Waals surface area contributed by atoms with E-state index in [-0.39, 0.29) is 5.91 Å². The highest BCUT2D eigenvalue weighted by Gasteiger charge is 2.21. The van der Waals surface area contributed by atoms with Gasteiger partial charge >= 0.3 is 0 Å². The van der Waals surface area contributed by atoms with Crippen LogP contribution in [0.15, 0.2) is 36.4 Å². The topological polar surface area (TPSA) is 54.6 Å². The van der Waals surface area contributed by atoms with E-state index in [2.05, 4.69) is 31.0 Å². The van der Waals surface area contributed by atoms with Crippen molar-refractivity contribution in [1.29, 1.82) is 0 Å². The Morgan fingerprint density at radius 1 is 1.15 bits per heavy atom. The molecule has 1 aromatic heterocycles. The summed E-state index contributed by atoms with van der Waals surface area (Å²) in [5, 5.41) is 1.09. The summed E-state index contributed by atoms with van der Waals surface area (Å²) in [5.74, 6) is 1.48. The van der Waals surface area contributed by atoms with E-state index in [1.165, 1.54) is 11.1 Å². The molecule has 0 saturated carbocycles. The Kier molecular flexibility index (Phi) is 4.52. The Morgan fingerprint density at radius 3 is 2.78 bits per heavy atom. The van der Waals surface area contributed by atoms with Gasteiger partial charge in [0.15, 0.2) is 11.5 Å². The van der Waals surface area contributed by atoms with Crippen molar-refractivity contribution in [2.45, 2.75) is 27.3 Å². The number of hydrogen-bond acceptors (Lipinski definition) is 3. The molecule has 5 heteroatoms. The number of H-pyrrole nitrogens is 1. The normalized spacial score (nSPS) is 13.0. The number of carbonyl (C=O) groups is 1. The van der Waals surface area contributed by atoms with E-state index in [9.17, 15) is 4.79 Å². The maximum absolute atomic E-state index is 13.1. The van der Waals surface area contributed by atoms with Gasteiger partial charge in [0, 0.05) is 29.6 Å². The van der Waals surface area contributed by atoms with Gasteiger partial charge in [-0.05, 0) is 50.1 Å². The average Bonchev–Trinajstić information content (AvgIpc) is 3.10. The smallest absolute Gasteiger partial charge is 0.270 e. The first-order valence-electron chi connectivity index (χ1n) is 9.33. The summed E-state index contributed by atoms with van der Waals surface area (Å²) in [7, 11) is 0. The van der Waals surface area contributed by atoms with Crippen molar-refractivity contribution in [2.75, 3.05) is 19.8 Å². The fraction of sp³-hybridized carbons (Fsp3) is 0.318. The minimum absolute atomic E-state index is 0.0138. The summed E-state index contributed by atoms with van der Waals surface area (Å²) in [5.41, 5.74) is 4.93. The highest BCUT2D eigenvalue weighted by atomic mass is 16.6. The molecule has 5 nitrogen and oxygen atoms in total. The van der Waals surface area contributed by atoms with E-state index in [1.807, 2.05) is 36.1 Å². The first kappa shape index (κ1) is 17.5. The van der Waals surface area contributed by atoms with Crippen molar-refractivity contribution in [2.24, 2.45) is 0 Å². The van der Waals surface area contributed by atoms with E-state index in [4.69, 9.17) is 9.47 Å². The van der Waals surface area contributed by atoms with Gasteiger partial charge in [-0.15, -0.1) is 0 Å². The molecule has 140 valence electrons. The van der Waals surface area contributed by atoms with Crippen molar-refractivity contribution in [1.82, 2.24) is 9.88 Å². The molecule has 0 saturated heterocycles. The van der Waals surface area contributed by atoms with Crippen LogP contribution in [0.1, 0.15) is 34.1 Å². The van der Waals surface area contributed by atoms with Crippen molar-refractivity contribution < 1.29 is 14.3 Å². The molecule has 3 aromatic rings. The van der Waals surface area contributed by atoms with Gasteiger partial charge in [-0.3, -0.25) is 4.79 Å². The molecule has 2 heterocycles.